The number of piperazine rings is 1. The van der Waals surface area contributed by atoms with E-state index in [1.54, 1.807) is 28.5 Å². The fourth-order valence-electron chi connectivity index (χ4n) is 4.77. The standard InChI is InChI=1S/C25H33N3O4S/c1-3-32-25(31)27-14-12-26(13-15-27)23(29)17-28-20-6-4-5-7-21(20)33-22(24(28)30)16-19-10-8-18(2)9-11-19/h8-11,16,20-21H,3-7,12-15,17H2,1-2H3/b22-16+. The predicted octanol–water partition coefficient (Wildman–Crippen LogP) is 3.52. The first-order chi connectivity index (χ1) is 16.0. The molecule has 33 heavy (non-hydrogen) atoms. The summed E-state index contributed by atoms with van der Waals surface area (Å²) >= 11 is 1.68. The summed E-state index contributed by atoms with van der Waals surface area (Å²) in [5, 5.41) is 0.335. The second-order valence-electron chi connectivity index (χ2n) is 8.93. The van der Waals surface area contributed by atoms with E-state index in [4.69, 9.17) is 4.74 Å². The van der Waals surface area contributed by atoms with E-state index in [1.165, 1.54) is 5.56 Å². The van der Waals surface area contributed by atoms with Crippen LogP contribution >= 0.6 is 11.8 Å². The van der Waals surface area contributed by atoms with E-state index in [1.807, 2.05) is 42.2 Å². The van der Waals surface area contributed by atoms with Crippen molar-refractivity contribution >= 4 is 35.7 Å². The first-order valence-corrected chi connectivity index (χ1v) is 12.8. The van der Waals surface area contributed by atoms with Gasteiger partial charge < -0.3 is 19.4 Å². The molecule has 0 bridgehead atoms. The largest absolute Gasteiger partial charge is 0.450 e. The third kappa shape index (κ3) is 5.54. The van der Waals surface area contributed by atoms with Gasteiger partial charge in [0.1, 0.15) is 6.54 Å². The van der Waals surface area contributed by atoms with Crippen LogP contribution in [-0.2, 0) is 14.3 Å². The number of rotatable bonds is 4. The molecule has 7 nitrogen and oxygen atoms in total. The molecule has 2 saturated heterocycles. The molecule has 2 heterocycles. The number of amides is 3. The van der Waals surface area contributed by atoms with Crippen molar-refractivity contribution in [2.45, 2.75) is 50.8 Å². The average molecular weight is 472 g/mol. The van der Waals surface area contributed by atoms with Gasteiger partial charge in [0.2, 0.25) is 5.91 Å². The molecule has 0 N–H and O–H groups in total. The molecule has 3 aliphatic rings. The molecular weight excluding hydrogens is 438 g/mol. The van der Waals surface area contributed by atoms with Crippen molar-refractivity contribution in [1.82, 2.24) is 14.7 Å². The van der Waals surface area contributed by atoms with Gasteiger partial charge in [-0.1, -0.05) is 42.7 Å². The molecule has 0 aromatic heterocycles. The van der Waals surface area contributed by atoms with Crippen molar-refractivity contribution in [3.8, 4) is 0 Å². The summed E-state index contributed by atoms with van der Waals surface area (Å²) < 4.78 is 5.06. The molecule has 2 aliphatic heterocycles. The van der Waals surface area contributed by atoms with Crippen LogP contribution in [0.5, 0.6) is 0 Å². The minimum absolute atomic E-state index is 0.0396. The zero-order valence-corrected chi connectivity index (χ0v) is 20.3. The lowest BCUT2D eigenvalue weighted by Crippen LogP contribution is -2.57. The molecule has 2 unspecified atom stereocenters. The minimum Gasteiger partial charge on any atom is -0.450 e. The minimum atomic E-state index is -0.330. The quantitative estimate of drug-likeness (QED) is 0.629. The van der Waals surface area contributed by atoms with E-state index in [2.05, 4.69) is 0 Å². The number of hydrogen-bond acceptors (Lipinski definition) is 5. The average Bonchev–Trinajstić information content (AvgIpc) is 2.83. The monoisotopic (exact) mass is 471 g/mol. The van der Waals surface area contributed by atoms with Gasteiger partial charge in [0.25, 0.3) is 5.91 Å². The number of aryl methyl sites for hydroxylation is 1. The van der Waals surface area contributed by atoms with Crippen LogP contribution in [0.4, 0.5) is 4.79 Å². The molecule has 8 heteroatoms. The zero-order valence-electron chi connectivity index (χ0n) is 19.5. The van der Waals surface area contributed by atoms with E-state index in [0.717, 1.165) is 36.2 Å². The Kier molecular flexibility index (Phi) is 7.63. The lowest BCUT2D eigenvalue weighted by atomic mass is 9.93. The maximum atomic E-state index is 13.5. The topological polar surface area (TPSA) is 70.2 Å². The Morgan fingerprint density at radius 3 is 2.42 bits per heavy atom. The van der Waals surface area contributed by atoms with Crippen LogP contribution in [0, 0.1) is 6.92 Å². The molecule has 3 amide bonds. The van der Waals surface area contributed by atoms with Crippen LogP contribution in [0.1, 0.15) is 43.7 Å². The SMILES string of the molecule is CCOC(=O)N1CCN(C(=O)CN2C(=O)/C(=C\c3ccc(C)cc3)SC3CCCCC32)CC1. The number of carbonyl (C=O) groups excluding carboxylic acids is 3. The Labute approximate surface area is 200 Å². The second-order valence-corrected chi connectivity index (χ2v) is 10.2. The van der Waals surface area contributed by atoms with E-state index in [-0.39, 0.29) is 30.5 Å². The van der Waals surface area contributed by atoms with Crippen molar-refractivity contribution in [1.29, 1.82) is 0 Å². The number of benzene rings is 1. The van der Waals surface area contributed by atoms with Crippen molar-refractivity contribution in [3.63, 3.8) is 0 Å². The maximum Gasteiger partial charge on any atom is 0.409 e. The Morgan fingerprint density at radius 1 is 1.06 bits per heavy atom. The first kappa shape index (κ1) is 23.7. The Bertz CT molecular complexity index is 909. The molecular formula is C25H33N3O4S. The van der Waals surface area contributed by atoms with E-state index >= 15 is 0 Å². The van der Waals surface area contributed by atoms with Crippen molar-refractivity contribution in [2.75, 3.05) is 39.3 Å². The summed E-state index contributed by atoms with van der Waals surface area (Å²) in [5.41, 5.74) is 2.19. The van der Waals surface area contributed by atoms with Crippen LogP contribution < -0.4 is 0 Å². The number of thioether (sulfide) groups is 1. The molecule has 1 aromatic rings. The molecule has 0 radical (unpaired) electrons. The number of fused-ring (bicyclic) bond motifs is 1. The van der Waals surface area contributed by atoms with Gasteiger partial charge in [0.05, 0.1) is 11.5 Å². The van der Waals surface area contributed by atoms with Crippen LogP contribution in [0.3, 0.4) is 0 Å². The molecule has 178 valence electrons. The van der Waals surface area contributed by atoms with Gasteiger partial charge in [0, 0.05) is 37.5 Å². The predicted molar refractivity (Wildman–Crippen MR) is 130 cm³/mol. The number of carbonyl (C=O) groups is 3. The molecule has 1 saturated carbocycles. The highest BCUT2D eigenvalue weighted by Gasteiger charge is 2.41. The summed E-state index contributed by atoms with van der Waals surface area (Å²) in [4.78, 5) is 44.5. The maximum absolute atomic E-state index is 13.5. The van der Waals surface area contributed by atoms with Gasteiger partial charge in [-0.25, -0.2) is 4.79 Å². The fourth-order valence-corrected chi connectivity index (χ4v) is 6.25. The van der Waals surface area contributed by atoms with E-state index in [0.29, 0.717) is 38.0 Å². The lowest BCUT2D eigenvalue weighted by molar-refractivity contribution is -0.141. The van der Waals surface area contributed by atoms with Gasteiger partial charge in [-0.05, 0) is 38.3 Å². The normalized spacial score (nSPS) is 24.6. The van der Waals surface area contributed by atoms with Crippen LogP contribution in [0.15, 0.2) is 29.2 Å². The van der Waals surface area contributed by atoms with Gasteiger partial charge >= 0.3 is 6.09 Å². The number of nitrogens with zero attached hydrogens (tertiary/aromatic N) is 3. The Hall–Kier alpha value is -2.48. The van der Waals surface area contributed by atoms with Gasteiger partial charge in [-0.3, -0.25) is 9.59 Å². The highest BCUT2D eigenvalue weighted by Crippen LogP contribution is 2.42. The third-order valence-electron chi connectivity index (χ3n) is 6.66. The summed E-state index contributed by atoms with van der Waals surface area (Å²) in [6.45, 7) is 6.12. The summed E-state index contributed by atoms with van der Waals surface area (Å²) in [6.07, 6.45) is 5.91. The van der Waals surface area contributed by atoms with E-state index in [9.17, 15) is 14.4 Å². The molecule has 1 aromatic carbocycles. The van der Waals surface area contributed by atoms with Crippen molar-refractivity contribution in [3.05, 3.63) is 40.3 Å². The van der Waals surface area contributed by atoms with Crippen molar-refractivity contribution in [2.24, 2.45) is 0 Å². The van der Waals surface area contributed by atoms with Gasteiger partial charge in [-0.2, -0.15) is 0 Å². The van der Waals surface area contributed by atoms with Gasteiger partial charge in [-0.15, -0.1) is 11.8 Å². The fraction of sp³-hybridized carbons (Fsp3) is 0.560. The third-order valence-corrected chi connectivity index (χ3v) is 8.06. The zero-order chi connectivity index (χ0) is 23.4. The number of ether oxygens (including phenoxy) is 1. The molecule has 1 aliphatic carbocycles. The molecule has 2 atom stereocenters. The summed E-state index contributed by atoms with van der Waals surface area (Å²) in [6, 6.07) is 8.26. The van der Waals surface area contributed by atoms with E-state index < -0.39 is 0 Å². The summed E-state index contributed by atoms with van der Waals surface area (Å²) in [7, 11) is 0. The van der Waals surface area contributed by atoms with Crippen LogP contribution in [-0.4, -0.2) is 83.2 Å². The van der Waals surface area contributed by atoms with Gasteiger partial charge in [0.15, 0.2) is 0 Å². The lowest BCUT2D eigenvalue weighted by Gasteiger charge is -2.44. The Morgan fingerprint density at radius 2 is 1.73 bits per heavy atom. The first-order valence-electron chi connectivity index (χ1n) is 11.9. The van der Waals surface area contributed by atoms with Crippen molar-refractivity contribution < 1.29 is 19.1 Å². The second kappa shape index (κ2) is 10.6. The van der Waals surface area contributed by atoms with Crippen LogP contribution in [0.25, 0.3) is 6.08 Å². The Balaban J connectivity index is 1.45. The summed E-state index contributed by atoms with van der Waals surface area (Å²) in [5.74, 6) is -0.0833. The highest BCUT2D eigenvalue weighted by molar-refractivity contribution is 8.04. The van der Waals surface area contributed by atoms with Crippen LogP contribution in [0.2, 0.25) is 0 Å². The smallest absolute Gasteiger partial charge is 0.409 e. The highest BCUT2D eigenvalue weighted by atomic mass is 32.2. The molecule has 3 fully saturated rings. The molecule has 0 spiro atoms. The molecule has 4 rings (SSSR count). The number of hydrogen-bond donors (Lipinski definition) is 0.